The summed E-state index contributed by atoms with van der Waals surface area (Å²) < 4.78 is 15.4. The van der Waals surface area contributed by atoms with Gasteiger partial charge in [0, 0.05) is 13.7 Å². The van der Waals surface area contributed by atoms with Crippen LogP contribution in [0.25, 0.3) is 0 Å². The van der Waals surface area contributed by atoms with E-state index >= 15 is 0 Å². The van der Waals surface area contributed by atoms with Gasteiger partial charge in [0.1, 0.15) is 11.5 Å². The van der Waals surface area contributed by atoms with E-state index in [-0.39, 0.29) is 30.9 Å². The summed E-state index contributed by atoms with van der Waals surface area (Å²) in [6, 6.07) is 14.7. The Labute approximate surface area is 183 Å². The highest BCUT2D eigenvalue weighted by molar-refractivity contribution is 5.81. The van der Waals surface area contributed by atoms with Crippen molar-refractivity contribution in [1.29, 1.82) is 0 Å². The Hall–Kier alpha value is -3.10. The molecule has 2 rings (SSSR count). The molecule has 8 nitrogen and oxygen atoms in total. The molecule has 2 aromatic carbocycles. The molecule has 0 heterocycles. The molecule has 0 saturated heterocycles. The number of hydrogen-bond acceptors (Lipinski definition) is 6. The molecule has 0 aliphatic rings. The second-order valence-electron chi connectivity index (χ2n) is 7.06. The van der Waals surface area contributed by atoms with E-state index in [1.54, 1.807) is 33.3 Å². The summed E-state index contributed by atoms with van der Waals surface area (Å²) in [5.41, 5.74) is 1.83. The van der Waals surface area contributed by atoms with Crippen LogP contribution >= 0.6 is 0 Å². The van der Waals surface area contributed by atoms with Gasteiger partial charge in [-0.05, 0) is 42.4 Å². The van der Waals surface area contributed by atoms with Crippen LogP contribution in [0.1, 0.15) is 17.2 Å². The average Bonchev–Trinajstić information content (AvgIpc) is 2.77. The Morgan fingerprint density at radius 1 is 0.839 bits per heavy atom. The van der Waals surface area contributed by atoms with Gasteiger partial charge in [-0.25, -0.2) is 0 Å². The quantitative estimate of drug-likeness (QED) is 0.499. The van der Waals surface area contributed by atoms with Gasteiger partial charge in [-0.2, -0.15) is 0 Å². The highest BCUT2D eigenvalue weighted by Crippen LogP contribution is 2.26. The summed E-state index contributed by atoms with van der Waals surface area (Å²) in [4.78, 5) is 26.3. The van der Waals surface area contributed by atoms with Crippen molar-refractivity contribution in [2.24, 2.45) is 0 Å². The smallest absolute Gasteiger partial charge is 0.234 e. The van der Waals surface area contributed by atoms with Gasteiger partial charge in [0.05, 0.1) is 40.0 Å². The van der Waals surface area contributed by atoms with Crippen molar-refractivity contribution < 1.29 is 23.8 Å². The van der Waals surface area contributed by atoms with Crippen LogP contribution in [0.5, 0.6) is 11.5 Å². The molecule has 2 aromatic rings. The predicted octanol–water partition coefficient (Wildman–Crippen LogP) is 1.60. The van der Waals surface area contributed by atoms with E-state index in [0.29, 0.717) is 13.2 Å². The molecular weight excluding hydrogens is 398 g/mol. The zero-order valence-corrected chi connectivity index (χ0v) is 18.5. The van der Waals surface area contributed by atoms with E-state index in [9.17, 15) is 9.59 Å². The number of methoxy groups -OCH3 is 3. The molecule has 168 valence electrons. The fraction of sp³-hybridized carbons (Fsp3) is 0.391. The number of nitrogens with zero attached hydrogens (tertiary/aromatic N) is 1. The molecule has 0 fully saturated rings. The lowest BCUT2D eigenvalue weighted by Gasteiger charge is -2.22. The third kappa shape index (κ3) is 7.92. The summed E-state index contributed by atoms with van der Waals surface area (Å²) >= 11 is 0. The first-order chi connectivity index (χ1) is 15.0. The van der Waals surface area contributed by atoms with Crippen LogP contribution < -0.4 is 20.1 Å². The minimum atomic E-state index is -0.353. The molecule has 2 amide bonds. The second-order valence-corrected chi connectivity index (χ2v) is 7.06. The van der Waals surface area contributed by atoms with E-state index in [1.807, 2.05) is 48.5 Å². The SMILES string of the molecule is COCCNC(=O)CN(C)CC(=O)NC(c1ccc(OC)cc1)c1ccc(OC)cc1. The van der Waals surface area contributed by atoms with E-state index in [4.69, 9.17) is 14.2 Å². The number of likely N-dealkylation sites (N-methyl/N-ethyl adjacent to an activating group) is 1. The highest BCUT2D eigenvalue weighted by Gasteiger charge is 2.19. The molecule has 0 aromatic heterocycles. The number of benzene rings is 2. The lowest BCUT2D eigenvalue weighted by atomic mass is 9.98. The standard InChI is InChI=1S/C23H31N3O5/c1-26(15-21(27)24-13-14-29-2)16-22(28)25-23(17-5-9-19(30-3)10-6-17)18-7-11-20(31-4)12-8-18/h5-12,23H,13-16H2,1-4H3,(H,24,27)(H,25,28). The van der Waals surface area contributed by atoms with Crippen molar-refractivity contribution in [2.75, 3.05) is 54.6 Å². The zero-order chi connectivity index (χ0) is 22.6. The zero-order valence-electron chi connectivity index (χ0n) is 18.5. The number of nitrogens with one attached hydrogen (secondary N) is 2. The maximum atomic E-state index is 12.7. The second kappa shape index (κ2) is 12.6. The van der Waals surface area contributed by atoms with Crippen LogP contribution in [0.4, 0.5) is 0 Å². The molecule has 0 bridgehead atoms. The van der Waals surface area contributed by atoms with Gasteiger partial charge < -0.3 is 24.8 Å². The van der Waals surface area contributed by atoms with Gasteiger partial charge in [0.15, 0.2) is 0 Å². The highest BCUT2D eigenvalue weighted by atomic mass is 16.5. The molecular formula is C23H31N3O5. The van der Waals surface area contributed by atoms with Crippen LogP contribution in [0, 0.1) is 0 Å². The van der Waals surface area contributed by atoms with E-state index in [1.165, 1.54) is 0 Å². The molecule has 0 aliphatic heterocycles. The van der Waals surface area contributed by atoms with E-state index in [0.717, 1.165) is 22.6 Å². The number of hydrogen-bond donors (Lipinski definition) is 2. The molecule has 0 unspecified atom stereocenters. The number of ether oxygens (including phenoxy) is 3. The van der Waals surface area contributed by atoms with Crippen LogP contribution in [0.2, 0.25) is 0 Å². The minimum absolute atomic E-state index is 0.0838. The first-order valence-electron chi connectivity index (χ1n) is 9.98. The van der Waals surface area contributed by atoms with Gasteiger partial charge in [0.25, 0.3) is 0 Å². The average molecular weight is 430 g/mol. The summed E-state index contributed by atoms with van der Waals surface area (Å²) in [7, 11) is 6.52. The minimum Gasteiger partial charge on any atom is -0.497 e. The van der Waals surface area contributed by atoms with Gasteiger partial charge >= 0.3 is 0 Å². The number of carbonyl (C=O) groups excluding carboxylic acids is 2. The van der Waals surface area contributed by atoms with Gasteiger partial charge in [-0.1, -0.05) is 24.3 Å². The number of amides is 2. The lowest BCUT2D eigenvalue weighted by Crippen LogP contribution is -2.42. The summed E-state index contributed by atoms with van der Waals surface area (Å²) in [6.07, 6.45) is 0. The van der Waals surface area contributed by atoms with Crippen LogP contribution in [0.15, 0.2) is 48.5 Å². The van der Waals surface area contributed by atoms with Crippen molar-refractivity contribution >= 4 is 11.8 Å². The van der Waals surface area contributed by atoms with Crippen LogP contribution in [-0.4, -0.2) is 71.3 Å². The first kappa shape index (κ1) is 24.2. The van der Waals surface area contributed by atoms with Crippen LogP contribution in [0.3, 0.4) is 0 Å². The molecule has 0 aliphatic carbocycles. The molecule has 31 heavy (non-hydrogen) atoms. The predicted molar refractivity (Wildman–Crippen MR) is 118 cm³/mol. The number of carbonyl (C=O) groups is 2. The fourth-order valence-electron chi connectivity index (χ4n) is 3.05. The molecule has 0 saturated carbocycles. The summed E-state index contributed by atoms with van der Waals surface area (Å²) in [5.74, 6) is 1.13. The van der Waals surface area contributed by atoms with Crippen molar-refractivity contribution in [3.05, 3.63) is 59.7 Å². The third-order valence-electron chi connectivity index (χ3n) is 4.66. The van der Waals surface area contributed by atoms with Gasteiger partial charge in [0.2, 0.25) is 11.8 Å². The monoisotopic (exact) mass is 429 g/mol. The molecule has 0 spiro atoms. The van der Waals surface area contributed by atoms with Crippen LogP contribution in [-0.2, 0) is 14.3 Å². The van der Waals surface area contributed by atoms with Gasteiger partial charge in [-0.15, -0.1) is 0 Å². The largest absolute Gasteiger partial charge is 0.497 e. The normalized spacial score (nSPS) is 10.8. The van der Waals surface area contributed by atoms with Crippen molar-refractivity contribution in [1.82, 2.24) is 15.5 Å². The van der Waals surface area contributed by atoms with Crippen molar-refractivity contribution in [3.8, 4) is 11.5 Å². The molecule has 0 radical (unpaired) electrons. The van der Waals surface area contributed by atoms with E-state index in [2.05, 4.69) is 10.6 Å². The van der Waals surface area contributed by atoms with Crippen molar-refractivity contribution in [3.63, 3.8) is 0 Å². The Morgan fingerprint density at radius 3 is 1.77 bits per heavy atom. The summed E-state index contributed by atoms with van der Waals surface area (Å²) in [6.45, 7) is 1.08. The molecule has 2 N–H and O–H groups in total. The first-order valence-corrected chi connectivity index (χ1v) is 9.98. The van der Waals surface area contributed by atoms with E-state index < -0.39 is 0 Å². The number of rotatable bonds is 12. The molecule has 0 atom stereocenters. The third-order valence-corrected chi connectivity index (χ3v) is 4.66. The lowest BCUT2D eigenvalue weighted by molar-refractivity contribution is -0.124. The maximum Gasteiger partial charge on any atom is 0.234 e. The Bertz CT molecular complexity index is 777. The Kier molecular flexibility index (Phi) is 9.80. The van der Waals surface area contributed by atoms with Gasteiger partial charge in [-0.3, -0.25) is 14.5 Å². The fourth-order valence-corrected chi connectivity index (χ4v) is 3.05. The molecule has 8 heteroatoms. The maximum absolute atomic E-state index is 12.7. The topological polar surface area (TPSA) is 89.1 Å². The Morgan fingerprint density at radius 2 is 1.32 bits per heavy atom. The Balaban J connectivity index is 2.07. The summed E-state index contributed by atoms with van der Waals surface area (Å²) in [5, 5.41) is 5.81. The van der Waals surface area contributed by atoms with Crippen molar-refractivity contribution in [2.45, 2.75) is 6.04 Å².